The monoisotopic (exact) mass is 233 g/mol. The lowest BCUT2D eigenvalue weighted by Gasteiger charge is -2.21. The summed E-state index contributed by atoms with van der Waals surface area (Å²) in [4.78, 5) is 4.19. The van der Waals surface area contributed by atoms with E-state index in [0.29, 0.717) is 11.3 Å². The van der Waals surface area contributed by atoms with Crippen molar-refractivity contribution >= 4 is 10.8 Å². The first-order chi connectivity index (χ1) is 7.95. The predicted octanol–water partition coefficient (Wildman–Crippen LogP) is 3.68. The number of rotatable bonds is 1. The number of ether oxygens (including phenoxy) is 1. The van der Waals surface area contributed by atoms with Crippen LogP contribution in [0, 0.1) is 5.82 Å². The van der Waals surface area contributed by atoms with Gasteiger partial charge >= 0.3 is 0 Å². The van der Waals surface area contributed by atoms with E-state index in [-0.39, 0.29) is 11.2 Å². The number of hydrogen-bond acceptors (Lipinski definition) is 2. The van der Waals surface area contributed by atoms with Gasteiger partial charge in [-0.1, -0.05) is 32.9 Å². The Balaban J connectivity index is 2.88. The fourth-order valence-electron chi connectivity index (χ4n) is 1.98. The smallest absolute Gasteiger partial charge is 0.224 e. The third kappa shape index (κ3) is 1.97. The topological polar surface area (TPSA) is 22.1 Å². The molecule has 0 radical (unpaired) electrons. The summed E-state index contributed by atoms with van der Waals surface area (Å²) in [6, 6.07) is 5.05. The van der Waals surface area contributed by atoms with Crippen molar-refractivity contribution in [2.24, 2.45) is 0 Å². The van der Waals surface area contributed by atoms with Crippen LogP contribution in [0.15, 0.2) is 24.4 Å². The molecule has 1 heterocycles. The number of nitrogens with zero attached hydrogens (tertiary/aromatic N) is 1. The van der Waals surface area contributed by atoms with Crippen LogP contribution in [0.25, 0.3) is 10.8 Å². The van der Waals surface area contributed by atoms with Crippen molar-refractivity contribution in [2.45, 2.75) is 26.2 Å². The average molecular weight is 233 g/mol. The van der Waals surface area contributed by atoms with Crippen LogP contribution in [0.1, 0.15) is 26.3 Å². The molecular formula is C14H16FNO. The number of fused-ring (bicyclic) bond motifs is 1. The van der Waals surface area contributed by atoms with Crippen molar-refractivity contribution in [3.8, 4) is 5.88 Å². The molecule has 0 unspecified atom stereocenters. The molecule has 0 saturated carbocycles. The number of methoxy groups -OCH3 is 1. The molecule has 2 nitrogen and oxygen atoms in total. The second kappa shape index (κ2) is 3.99. The van der Waals surface area contributed by atoms with E-state index in [2.05, 4.69) is 25.8 Å². The first-order valence-corrected chi connectivity index (χ1v) is 5.57. The zero-order valence-electron chi connectivity index (χ0n) is 10.5. The molecule has 2 aromatic rings. The molecular weight excluding hydrogens is 217 g/mol. The van der Waals surface area contributed by atoms with E-state index in [9.17, 15) is 4.39 Å². The molecule has 1 aromatic carbocycles. The summed E-state index contributed by atoms with van der Waals surface area (Å²) >= 11 is 0. The van der Waals surface area contributed by atoms with Crippen LogP contribution in [0.2, 0.25) is 0 Å². The number of halogens is 1. The van der Waals surface area contributed by atoms with Crippen molar-refractivity contribution in [1.82, 2.24) is 4.98 Å². The van der Waals surface area contributed by atoms with Crippen molar-refractivity contribution < 1.29 is 9.13 Å². The van der Waals surface area contributed by atoms with E-state index < -0.39 is 0 Å². The van der Waals surface area contributed by atoms with Gasteiger partial charge in [-0.05, 0) is 22.4 Å². The molecule has 0 N–H and O–H groups in total. The first kappa shape index (κ1) is 11.8. The highest BCUT2D eigenvalue weighted by Gasteiger charge is 2.20. The van der Waals surface area contributed by atoms with Gasteiger partial charge in [-0.2, -0.15) is 0 Å². The minimum absolute atomic E-state index is 0.0781. The summed E-state index contributed by atoms with van der Waals surface area (Å²) in [5.41, 5.74) is 0.943. The predicted molar refractivity (Wildman–Crippen MR) is 67.0 cm³/mol. The van der Waals surface area contributed by atoms with Crippen molar-refractivity contribution in [1.29, 1.82) is 0 Å². The van der Waals surface area contributed by atoms with Crippen LogP contribution in [0.3, 0.4) is 0 Å². The zero-order valence-corrected chi connectivity index (χ0v) is 10.5. The van der Waals surface area contributed by atoms with Crippen molar-refractivity contribution in [3.05, 3.63) is 35.8 Å². The summed E-state index contributed by atoms with van der Waals surface area (Å²) in [6.45, 7) is 6.25. The SMILES string of the molecule is COc1ncc(C(C)(C)C)c2cccc(F)c12. The molecule has 0 atom stereocenters. The molecule has 3 heteroatoms. The Kier molecular flexibility index (Phi) is 2.77. The van der Waals surface area contributed by atoms with Crippen LogP contribution >= 0.6 is 0 Å². The van der Waals surface area contributed by atoms with E-state index in [1.807, 2.05) is 6.07 Å². The largest absolute Gasteiger partial charge is 0.480 e. The molecule has 2 rings (SSSR count). The summed E-state index contributed by atoms with van der Waals surface area (Å²) in [5.74, 6) is 0.0454. The Morgan fingerprint density at radius 2 is 1.94 bits per heavy atom. The maximum absolute atomic E-state index is 13.9. The molecule has 0 saturated heterocycles. The average Bonchev–Trinajstić information content (AvgIpc) is 2.26. The van der Waals surface area contributed by atoms with Gasteiger partial charge in [-0.25, -0.2) is 9.37 Å². The molecule has 0 amide bonds. The third-order valence-corrected chi connectivity index (χ3v) is 2.83. The zero-order chi connectivity index (χ0) is 12.6. The molecule has 0 fully saturated rings. The summed E-state index contributed by atoms with van der Waals surface area (Å²) in [6.07, 6.45) is 1.76. The van der Waals surface area contributed by atoms with Gasteiger partial charge in [-0.15, -0.1) is 0 Å². The summed E-state index contributed by atoms with van der Waals surface area (Å²) in [5, 5.41) is 1.33. The van der Waals surface area contributed by atoms with E-state index in [4.69, 9.17) is 4.74 Å². The van der Waals surface area contributed by atoms with E-state index in [1.54, 1.807) is 12.3 Å². The first-order valence-electron chi connectivity index (χ1n) is 5.57. The molecule has 0 aliphatic heterocycles. The van der Waals surface area contributed by atoms with Gasteiger partial charge in [0.1, 0.15) is 5.82 Å². The maximum atomic E-state index is 13.9. The second-order valence-corrected chi connectivity index (χ2v) is 5.09. The van der Waals surface area contributed by atoms with Gasteiger partial charge < -0.3 is 4.74 Å². The van der Waals surface area contributed by atoms with Gasteiger partial charge in [-0.3, -0.25) is 0 Å². The van der Waals surface area contributed by atoms with Crippen LogP contribution in [-0.2, 0) is 5.41 Å². The van der Waals surface area contributed by atoms with Crippen LogP contribution in [0.5, 0.6) is 5.88 Å². The minimum atomic E-state index is -0.294. The Labute approximate surface area is 100 Å². The Hall–Kier alpha value is -1.64. The van der Waals surface area contributed by atoms with E-state index in [1.165, 1.54) is 13.2 Å². The number of hydrogen-bond donors (Lipinski definition) is 0. The van der Waals surface area contributed by atoms with E-state index in [0.717, 1.165) is 10.9 Å². The molecule has 90 valence electrons. The number of benzene rings is 1. The molecule has 0 bridgehead atoms. The van der Waals surface area contributed by atoms with Gasteiger partial charge in [0.25, 0.3) is 0 Å². The fraction of sp³-hybridized carbons (Fsp3) is 0.357. The van der Waals surface area contributed by atoms with Crippen LogP contribution in [-0.4, -0.2) is 12.1 Å². The summed E-state index contributed by atoms with van der Waals surface area (Å²) < 4.78 is 19.0. The fourth-order valence-corrected chi connectivity index (χ4v) is 1.98. The molecule has 17 heavy (non-hydrogen) atoms. The standard InChI is InChI=1S/C14H16FNO/c1-14(2,3)10-8-16-13(17-4)12-9(10)6-5-7-11(12)15/h5-8H,1-4H3. The Morgan fingerprint density at radius 3 is 2.53 bits per heavy atom. The molecule has 0 spiro atoms. The van der Waals surface area contributed by atoms with Gasteiger partial charge in [0.05, 0.1) is 12.5 Å². The van der Waals surface area contributed by atoms with Crippen LogP contribution in [0.4, 0.5) is 4.39 Å². The highest BCUT2D eigenvalue weighted by molar-refractivity contribution is 5.90. The lowest BCUT2D eigenvalue weighted by atomic mass is 9.85. The third-order valence-electron chi connectivity index (χ3n) is 2.83. The molecule has 0 aliphatic carbocycles. The normalized spacial score (nSPS) is 11.8. The van der Waals surface area contributed by atoms with Crippen molar-refractivity contribution in [2.75, 3.05) is 7.11 Å². The Morgan fingerprint density at radius 1 is 1.24 bits per heavy atom. The van der Waals surface area contributed by atoms with Gasteiger partial charge in [0.15, 0.2) is 0 Å². The minimum Gasteiger partial charge on any atom is -0.480 e. The summed E-state index contributed by atoms with van der Waals surface area (Å²) in [7, 11) is 1.50. The molecule has 1 aromatic heterocycles. The highest BCUT2D eigenvalue weighted by atomic mass is 19.1. The highest BCUT2D eigenvalue weighted by Crippen LogP contribution is 2.34. The number of aromatic nitrogens is 1. The lowest BCUT2D eigenvalue weighted by molar-refractivity contribution is 0.401. The Bertz CT molecular complexity index is 558. The van der Waals surface area contributed by atoms with Crippen molar-refractivity contribution in [3.63, 3.8) is 0 Å². The van der Waals surface area contributed by atoms with Gasteiger partial charge in [0, 0.05) is 6.20 Å². The maximum Gasteiger partial charge on any atom is 0.224 e. The number of pyridine rings is 1. The van der Waals surface area contributed by atoms with Gasteiger partial charge in [0.2, 0.25) is 5.88 Å². The second-order valence-electron chi connectivity index (χ2n) is 5.09. The quantitative estimate of drug-likeness (QED) is 0.749. The molecule has 0 aliphatic rings. The van der Waals surface area contributed by atoms with Crippen LogP contribution < -0.4 is 4.74 Å². The lowest BCUT2D eigenvalue weighted by Crippen LogP contribution is -2.12. The van der Waals surface area contributed by atoms with E-state index >= 15 is 0 Å².